The zero-order valence-corrected chi connectivity index (χ0v) is 16.1. The predicted molar refractivity (Wildman–Crippen MR) is 99.2 cm³/mol. The summed E-state index contributed by atoms with van der Waals surface area (Å²) in [6, 6.07) is 2.20. The van der Waals surface area contributed by atoms with Crippen molar-refractivity contribution in [3.05, 3.63) is 48.0 Å². The first kappa shape index (κ1) is 21.5. The summed E-state index contributed by atoms with van der Waals surface area (Å²) in [6.45, 7) is 3.20. The number of benzene rings is 1. The highest BCUT2D eigenvalue weighted by molar-refractivity contribution is 7.89. The van der Waals surface area contributed by atoms with Crippen molar-refractivity contribution < 1.29 is 28.2 Å². The number of carboxylic acid groups (broad SMARTS) is 2. The molecule has 152 valence electrons. The van der Waals surface area contributed by atoms with E-state index >= 15 is 0 Å². The van der Waals surface area contributed by atoms with Gasteiger partial charge in [-0.3, -0.25) is 14.9 Å². The van der Waals surface area contributed by atoms with Gasteiger partial charge in [-0.2, -0.15) is 4.72 Å². The van der Waals surface area contributed by atoms with Crippen LogP contribution < -0.4 is 10.0 Å². The maximum absolute atomic E-state index is 12.5. The Morgan fingerprint density at radius 2 is 1.82 bits per heavy atom. The third-order valence-electron chi connectivity index (χ3n) is 4.12. The standard InChI is InChI=1S/C17H22N4O6S/c1-10-3-5-13(6-4-10)28(26,27)21-15(17(24)25)11(2)20-14(16(22)23)7-12-8-18-9-19-12/h3-6,8-9,11,14-15,20-21H,7H2,1-2H3,(H,18,19)(H,22,23)(H,24,25). The van der Waals surface area contributed by atoms with Gasteiger partial charge in [0.05, 0.1) is 11.2 Å². The SMILES string of the molecule is Cc1ccc(S(=O)(=O)NC(C(=O)O)C(C)NC(Cc2cnc[nH]2)C(=O)O)cc1. The largest absolute Gasteiger partial charge is 0.480 e. The van der Waals surface area contributed by atoms with Gasteiger partial charge < -0.3 is 15.2 Å². The van der Waals surface area contributed by atoms with Crippen LogP contribution in [0.25, 0.3) is 0 Å². The van der Waals surface area contributed by atoms with Crippen molar-refractivity contribution in [3.8, 4) is 0 Å². The molecular formula is C17H22N4O6S. The number of aliphatic carboxylic acids is 2. The molecule has 5 N–H and O–H groups in total. The fourth-order valence-corrected chi connectivity index (χ4v) is 3.84. The van der Waals surface area contributed by atoms with Crippen LogP contribution in [0.1, 0.15) is 18.2 Å². The minimum Gasteiger partial charge on any atom is -0.480 e. The Morgan fingerprint density at radius 1 is 1.18 bits per heavy atom. The zero-order valence-electron chi connectivity index (χ0n) is 15.3. The number of aryl methyl sites for hydroxylation is 1. The third kappa shape index (κ3) is 5.62. The van der Waals surface area contributed by atoms with Crippen molar-refractivity contribution in [1.82, 2.24) is 20.0 Å². The highest BCUT2D eigenvalue weighted by atomic mass is 32.2. The van der Waals surface area contributed by atoms with Gasteiger partial charge in [-0.05, 0) is 26.0 Å². The van der Waals surface area contributed by atoms with Crippen molar-refractivity contribution >= 4 is 22.0 Å². The van der Waals surface area contributed by atoms with E-state index in [0.717, 1.165) is 5.56 Å². The zero-order chi connectivity index (χ0) is 20.9. The van der Waals surface area contributed by atoms with Gasteiger partial charge in [0.15, 0.2) is 0 Å². The molecule has 0 bridgehead atoms. The van der Waals surface area contributed by atoms with Crippen LogP contribution in [0.5, 0.6) is 0 Å². The summed E-state index contributed by atoms with van der Waals surface area (Å²) in [5.74, 6) is -2.63. The van der Waals surface area contributed by atoms with E-state index in [2.05, 4.69) is 20.0 Å². The molecule has 3 unspecified atom stereocenters. The van der Waals surface area contributed by atoms with Gasteiger partial charge in [-0.15, -0.1) is 0 Å². The van der Waals surface area contributed by atoms with Gasteiger partial charge in [0.1, 0.15) is 12.1 Å². The monoisotopic (exact) mass is 410 g/mol. The molecule has 1 aromatic carbocycles. The van der Waals surface area contributed by atoms with Crippen LogP contribution in [0, 0.1) is 6.92 Å². The van der Waals surface area contributed by atoms with Gasteiger partial charge in [0.25, 0.3) is 0 Å². The molecule has 11 heteroatoms. The Hall–Kier alpha value is -2.76. The average molecular weight is 410 g/mol. The number of nitrogens with zero attached hydrogens (tertiary/aromatic N) is 1. The maximum atomic E-state index is 12.5. The van der Waals surface area contributed by atoms with Crippen LogP contribution >= 0.6 is 0 Å². The van der Waals surface area contributed by atoms with Gasteiger partial charge in [-0.25, -0.2) is 13.4 Å². The highest BCUT2D eigenvalue weighted by Gasteiger charge is 2.33. The quantitative estimate of drug-likeness (QED) is 0.369. The van der Waals surface area contributed by atoms with Crippen LogP contribution in [-0.2, 0) is 26.0 Å². The first-order valence-corrected chi connectivity index (χ1v) is 9.86. The molecule has 0 saturated heterocycles. The van der Waals surface area contributed by atoms with Crippen LogP contribution in [0.4, 0.5) is 0 Å². The fourth-order valence-electron chi connectivity index (χ4n) is 2.57. The van der Waals surface area contributed by atoms with Crippen molar-refractivity contribution in [3.63, 3.8) is 0 Å². The number of hydrogen-bond donors (Lipinski definition) is 5. The van der Waals surface area contributed by atoms with Crippen LogP contribution in [0.2, 0.25) is 0 Å². The molecule has 2 aromatic rings. The summed E-state index contributed by atoms with van der Waals surface area (Å²) >= 11 is 0. The lowest BCUT2D eigenvalue weighted by atomic mass is 10.1. The molecule has 3 atom stereocenters. The summed E-state index contributed by atoms with van der Waals surface area (Å²) in [5, 5.41) is 21.5. The lowest BCUT2D eigenvalue weighted by Crippen LogP contribution is -2.56. The van der Waals surface area contributed by atoms with E-state index in [1.54, 1.807) is 19.1 Å². The molecule has 0 fully saturated rings. The van der Waals surface area contributed by atoms with E-state index in [4.69, 9.17) is 0 Å². The topological polar surface area (TPSA) is 161 Å². The number of sulfonamides is 1. The van der Waals surface area contributed by atoms with Crippen LogP contribution in [0.15, 0.2) is 41.7 Å². The molecule has 0 aliphatic carbocycles. The molecule has 0 amide bonds. The van der Waals surface area contributed by atoms with Crippen molar-refractivity contribution in [2.45, 2.75) is 43.3 Å². The molecule has 0 saturated carbocycles. The minimum atomic E-state index is -4.11. The first-order valence-electron chi connectivity index (χ1n) is 8.38. The smallest absolute Gasteiger partial charge is 0.323 e. The second-order valence-electron chi connectivity index (χ2n) is 6.38. The summed E-state index contributed by atoms with van der Waals surface area (Å²) in [4.78, 5) is 29.6. The Morgan fingerprint density at radius 3 is 2.32 bits per heavy atom. The number of H-pyrrole nitrogens is 1. The van der Waals surface area contributed by atoms with Gasteiger partial charge >= 0.3 is 11.9 Å². The number of imidazole rings is 1. The molecule has 1 aromatic heterocycles. The number of hydrogen-bond acceptors (Lipinski definition) is 6. The lowest BCUT2D eigenvalue weighted by molar-refractivity contribution is -0.142. The van der Waals surface area contributed by atoms with E-state index < -0.39 is 40.1 Å². The molecule has 10 nitrogen and oxygen atoms in total. The van der Waals surface area contributed by atoms with Crippen molar-refractivity contribution in [1.29, 1.82) is 0 Å². The molecular weight excluding hydrogens is 388 g/mol. The highest BCUT2D eigenvalue weighted by Crippen LogP contribution is 2.12. The van der Waals surface area contributed by atoms with Gasteiger partial charge in [0, 0.05) is 24.4 Å². The van der Waals surface area contributed by atoms with Crippen LogP contribution in [-0.4, -0.2) is 58.7 Å². The lowest BCUT2D eigenvalue weighted by Gasteiger charge is -2.25. The van der Waals surface area contributed by atoms with Crippen molar-refractivity contribution in [2.24, 2.45) is 0 Å². The number of aromatic amines is 1. The summed E-state index contributed by atoms with van der Waals surface area (Å²) in [6.07, 6.45) is 2.88. The van der Waals surface area contributed by atoms with Gasteiger partial charge in [-0.1, -0.05) is 17.7 Å². The van der Waals surface area contributed by atoms with E-state index in [1.807, 2.05) is 0 Å². The average Bonchev–Trinajstić information content (AvgIpc) is 3.12. The second-order valence-corrected chi connectivity index (χ2v) is 8.09. The van der Waals surface area contributed by atoms with E-state index in [-0.39, 0.29) is 11.3 Å². The fraction of sp³-hybridized carbons (Fsp3) is 0.353. The maximum Gasteiger partial charge on any atom is 0.323 e. The number of aromatic nitrogens is 2. The Labute approximate surface area is 162 Å². The Bertz CT molecular complexity index is 912. The normalized spacial score (nSPS) is 14.9. The molecule has 28 heavy (non-hydrogen) atoms. The number of rotatable bonds is 10. The summed E-state index contributed by atoms with van der Waals surface area (Å²) in [5.41, 5.74) is 1.39. The van der Waals surface area contributed by atoms with E-state index in [1.165, 1.54) is 31.6 Å². The molecule has 0 spiro atoms. The minimum absolute atomic E-state index is 0.0245. The summed E-state index contributed by atoms with van der Waals surface area (Å²) < 4.78 is 27.1. The first-order chi connectivity index (χ1) is 13.1. The molecule has 1 heterocycles. The molecule has 2 rings (SSSR count). The second kappa shape index (κ2) is 8.95. The van der Waals surface area contributed by atoms with Crippen molar-refractivity contribution in [2.75, 3.05) is 0 Å². The van der Waals surface area contributed by atoms with E-state index in [9.17, 15) is 28.2 Å². The predicted octanol–water partition coefficient (Wildman–Crippen LogP) is 0.124. The number of carbonyl (C=O) groups is 2. The Balaban J connectivity index is 2.16. The number of carboxylic acids is 2. The van der Waals surface area contributed by atoms with Crippen LogP contribution in [0.3, 0.4) is 0 Å². The summed E-state index contributed by atoms with van der Waals surface area (Å²) in [7, 11) is -4.11. The molecule has 0 aliphatic rings. The third-order valence-corrected chi connectivity index (χ3v) is 5.58. The van der Waals surface area contributed by atoms with Gasteiger partial charge in [0.2, 0.25) is 10.0 Å². The number of nitrogens with one attached hydrogen (secondary N) is 3. The molecule has 0 aliphatic heterocycles. The Kier molecular flexibility index (Phi) is 6.89. The van der Waals surface area contributed by atoms with E-state index in [0.29, 0.717) is 5.69 Å². The molecule has 0 radical (unpaired) electrons.